The summed E-state index contributed by atoms with van der Waals surface area (Å²) in [5.74, 6) is 2.30. The van der Waals surface area contributed by atoms with E-state index in [2.05, 4.69) is 27.7 Å². The van der Waals surface area contributed by atoms with Gasteiger partial charge in [0.1, 0.15) is 5.82 Å². The van der Waals surface area contributed by atoms with Crippen molar-refractivity contribution in [3.63, 3.8) is 0 Å². The minimum absolute atomic E-state index is 0.529. The predicted octanol–water partition coefficient (Wildman–Crippen LogP) is 2.60. The molecule has 0 spiro atoms. The Morgan fingerprint density at radius 2 is 1.65 bits per heavy atom. The quantitative estimate of drug-likeness (QED) is 0.850. The molecule has 1 aromatic heterocycles. The first-order chi connectivity index (χ1) is 8.43. The minimum Gasteiger partial charge on any atom is -0.316 e. The highest BCUT2D eigenvalue weighted by Crippen LogP contribution is 2.33. The molecule has 92 valence electrons. The van der Waals surface area contributed by atoms with E-state index in [1.807, 2.05) is 0 Å². The summed E-state index contributed by atoms with van der Waals surface area (Å²) in [6.07, 6.45) is 12.0. The third kappa shape index (κ3) is 2.49. The van der Waals surface area contributed by atoms with Crippen LogP contribution in [0.15, 0.2) is 12.4 Å². The molecule has 17 heavy (non-hydrogen) atoms. The first kappa shape index (κ1) is 11.1. The molecule has 1 saturated heterocycles. The number of rotatable bonds is 2. The monoisotopic (exact) mass is 231 g/mol. The Labute approximate surface area is 103 Å². The Morgan fingerprint density at radius 3 is 2.29 bits per heavy atom. The molecule has 0 bridgehead atoms. The molecule has 2 aliphatic rings. The van der Waals surface area contributed by atoms with Gasteiger partial charge in [-0.15, -0.1) is 0 Å². The summed E-state index contributed by atoms with van der Waals surface area (Å²) in [5.41, 5.74) is 1.36. The van der Waals surface area contributed by atoms with Gasteiger partial charge in [-0.1, -0.05) is 12.8 Å². The van der Waals surface area contributed by atoms with Crippen molar-refractivity contribution < 1.29 is 0 Å². The van der Waals surface area contributed by atoms with Crippen LogP contribution in [0.25, 0.3) is 0 Å². The van der Waals surface area contributed by atoms with E-state index in [1.165, 1.54) is 44.1 Å². The van der Waals surface area contributed by atoms with Crippen LogP contribution in [-0.4, -0.2) is 23.1 Å². The van der Waals surface area contributed by atoms with Gasteiger partial charge in [0, 0.05) is 24.9 Å². The van der Waals surface area contributed by atoms with Crippen molar-refractivity contribution in [2.24, 2.45) is 0 Å². The van der Waals surface area contributed by atoms with Crippen LogP contribution >= 0.6 is 0 Å². The van der Waals surface area contributed by atoms with Crippen molar-refractivity contribution in [1.29, 1.82) is 0 Å². The van der Waals surface area contributed by atoms with Gasteiger partial charge < -0.3 is 5.32 Å². The fourth-order valence-corrected chi connectivity index (χ4v) is 3.10. The molecule has 1 aliphatic heterocycles. The van der Waals surface area contributed by atoms with Crippen LogP contribution in [0, 0.1) is 0 Å². The van der Waals surface area contributed by atoms with Crippen molar-refractivity contribution in [2.45, 2.75) is 50.4 Å². The third-order valence-electron chi connectivity index (χ3n) is 4.18. The summed E-state index contributed by atoms with van der Waals surface area (Å²) in [6, 6.07) is 0. The van der Waals surface area contributed by atoms with Crippen LogP contribution in [0.2, 0.25) is 0 Å². The number of nitrogens with one attached hydrogen (secondary N) is 1. The molecule has 1 aromatic rings. The van der Waals surface area contributed by atoms with Crippen molar-refractivity contribution in [3.8, 4) is 0 Å². The maximum Gasteiger partial charge on any atom is 0.132 e. The minimum atomic E-state index is 0.529. The van der Waals surface area contributed by atoms with Crippen LogP contribution < -0.4 is 5.32 Å². The topological polar surface area (TPSA) is 37.8 Å². The smallest absolute Gasteiger partial charge is 0.132 e. The Hall–Kier alpha value is -0.960. The summed E-state index contributed by atoms with van der Waals surface area (Å²) >= 11 is 0. The van der Waals surface area contributed by atoms with E-state index in [9.17, 15) is 0 Å². The van der Waals surface area contributed by atoms with Crippen LogP contribution in [0.5, 0.6) is 0 Å². The number of hydrogen-bond donors (Lipinski definition) is 1. The van der Waals surface area contributed by atoms with Gasteiger partial charge in [-0.3, -0.25) is 0 Å². The first-order valence-electron chi connectivity index (χ1n) is 6.96. The molecule has 1 aliphatic carbocycles. The number of piperidine rings is 1. The highest BCUT2D eigenvalue weighted by atomic mass is 14.9. The molecule has 1 atom stereocenters. The standard InChI is InChI=1S/C14H21N3/c1-2-5-11(4-1)13-9-16-14(17-10-13)12-6-3-7-15-8-12/h9-12,15H,1-8H2. The maximum atomic E-state index is 4.60. The average molecular weight is 231 g/mol. The van der Waals surface area contributed by atoms with Gasteiger partial charge in [-0.25, -0.2) is 9.97 Å². The van der Waals surface area contributed by atoms with Crippen LogP contribution in [0.4, 0.5) is 0 Å². The highest BCUT2D eigenvalue weighted by Gasteiger charge is 2.20. The zero-order valence-electron chi connectivity index (χ0n) is 10.4. The Bertz CT molecular complexity index is 348. The fourth-order valence-electron chi connectivity index (χ4n) is 3.10. The van der Waals surface area contributed by atoms with Crippen LogP contribution in [0.1, 0.15) is 61.7 Å². The highest BCUT2D eigenvalue weighted by molar-refractivity contribution is 5.14. The zero-order chi connectivity index (χ0) is 11.5. The van der Waals surface area contributed by atoms with Gasteiger partial charge in [0.15, 0.2) is 0 Å². The lowest BCUT2D eigenvalue weighted by molar-refractivity contribution is 0.446. The van der Waals surface area contributed by atoms with Crippen molar-refractivity contribution in [3.05, 3.63) is 23.8 Å². The lowest BCUT2D eigenvalue weighted by Gasteiger charge is -2.21. The van der Waals surface area contributed by atoms with E-state index in [-0.39, 0.29) is 0 Å². The summed E-state index contributed by atoms with van der Waals surface area (Å²) in [7, 11) is 0. The summed E-state index contributed by atoms with van der Waals surface area (Å²) in [4.78, 5) is 9.19. The van der Waals surface area contributed by atoms with Crippen molar-refractivity contribution in [2.75, 3.05) is 13.1 Å². The summed E-state index contributed by atoms with van der Waals surface area (Å²) in [6.45, 7) is 2.19. The van der Waals surface area contributed by atoms with Crippen molar-refractivity contribution in [1.82, 2.24) is 15.3 Å². The van der Waals surface area contributed by atoms with E-state index in [1.54, 1.807) is 0 Å². The molecule has 2 fully saturated rings. The first-order valence-corrected chi connectivity index (χ1v) is 6.96. The average Bonchev–Trinajstić information content (AvgIpc) is 2.94. The van der Waals surface area contributed by atoms with Gasteiger partial charge >= 0.3 is 0 Å². The van der Waals surface area contributed by atoms with E-state index in [4.69, 9.17) is 0 Å². The largest absolute Gasteiger partial charge is 0.316 e. The Balaban J connectivity index is 1.70. The molecule has 3 heteroatoms. The van der Waals surface area contributed by atoms with Crippen LogP contribution in [0.3, 0.4) is 0 Å². The molecule has 0 amide bonds. The Kier molecular flexibility index (Phi) is 3.36. The lowest BCUT2D eigenvalue weighted by Crippen LogP contribution is -2.29. The zero-order valence-corrected chi connectivity index (χ0v) is 10.4. The SMILES string of the molecule is c1nc(C2CCCNC2)ncc1C1CCCC1. The Morgan fingerprint density at radius 1 is 0.941 bits per heavy atom. The van der Waals surface area contributed by atoms with Crippen LogP contribution in [-0.2, 0) is 0 Å². The second kappa shape index (κ2) is 5.13. The summed E-state index contributed by atoms with van der Waals surface area (Å²) in [5, 5.41) is 3.42. The summed E-state index contributed by atoms with van der Waals surface area (Å²) < 4.78 is 0. The number of aromatic nitrogens is 2. The van der Waals surface area contributed by atoms with E-state index < -0.39 is 0 Å². The number of nitrogens with zero attached hydrogens (tertiary/aromatic N) is 2. The van der Waals surface area contributed by atoms with Gasteiger partial charge in [0.05, 0.1) is 0 Å². The van der Waals surface area contributed by atoms with Gasteiger partial charge in [-0.05, 0) is 43.7 Å². The molecule has 3 rings (SSSR count). The molecule has 0 radical (unpaired) electrons. The fraction of sp³-hybridized carbons (Fsp3) is 0.714. The molecule has 1 saturated carbocycles. The second-order valence-corrected chi connectivity index (χ2v) is 5.40. The third-order valence-corrected chi connectivity index (χ3v) is 4.18. The second-order valence-electron chi connectivity index (χ2n) is 5.40. The van der Waals surface area contributed by atoms with Gasteiger partial charge in [-0.2, -0.15) is 0 Å². The maximum absolute atomic E-state index is 4.60. The van der Waals surface area contributed by atoms with Crippen molar-refractivity contribution >= 4 is 0 Å². The molecule has 0 aromatic carbocycles. The van der Waals surface area contributed by atoms with Gasteiger partial charge in [0.2, 0.25) is 0 Å². The molecule has 3 nitrogen and oxygen atoms in total. The molecular weight excluding hydrogens is 210 g/mol. The predicted molar refractivity (Wildman–Crippen MR) is 68.1 cm³/mol. The van der Waals surface area contributed by atoms with E-state index in [0.29, 0.717) is 5.92 Å². The molecular formula is C14H21N3. The molecule has 2 heterocycles. The van der Waals surface area contributed by atoms with E-state index in [0.717, 1.165) is 24.8 Å². The molecule has 1 unspecified atom stereocenters. The number of hydrogen-bond acceptors (Lipinski definition) is 3. The lowest BCUT2D eigenvalue weighted by atomic mass is 9.98. The molecule has 1 N–H and O–H groups in total. The van der Waals surface area contributed by atoms with Gasteiger partial charge in [0.25, 0.3) is 0 Å². The van der Waals surface area contributed by atoms with E-state index >= 15 is 0 Å². The normalized spacial score (nSPS) is 26.2.